The van der Waals surface area contributed by atoms with E-state index >= 15 is 0 Å². The number of hydrogen-bond acceptors (Lipinski definition) is 3. The number of carbonyl (C=O) groups excluding carboxylic acids is 1. The second-order valence-corrected chi connectivity index (χ2v) is 4.08. The molecule has 0 saturated heterocycles. The Balaban J connectivity index is 1.72. The predicted molar refractivity (Wildman–Crippen MR) is 59.4 cm³/mol. The fraction of sp³-hybridized carbons (Fsp3) is 0.500. The van der Waals surface area contributed by atoms with Gasteiger partial charge >= 0.3 is 0 Å². The molecule has 0 aliphatic heterocycles. The van der Waals surface area contributed by atoms with Crippen LogP contribution in [0, 0.1) is 0 Å². The number of nitrogens with one attached hydrogen (secondary N) is 1. The SMILES string of the molecule is O=C(Cc1ccncc1)NOC1CCCC1. The van der Waals surface area contributed by atoms with Crippen molar-refractivity contribution in [2.45, 2.75) is 38.2 Å². The van der Waals surface area contributed by atoms with E-state index in [1.807, 2.05) is 12.1 Å². The van der Waals surface area contributed by atoms with Crippen molar-refractivity contribution in [3.8, 4) is 0 Å². The summed E-state index contributed by atoms with van der Waals surface area (Å²) in [6.45, 7) is 0. The minimum absolute atomic E-state index is 0.0990. The van der Waals surface area contributed by atoms with Gasteiger partial charge in [-0.2, -0.15) is 0 Å². The Labute approximate surface area is 95.0 Å². The highest BCUT2D eigenvalue weighted by molar-refractivity contribution is 5.77. The lowest BCUT2D eigenvalue weighted by Gasteiger charge is -2.11. The standard InChI is InChI=1S/C12H16N2O2/c15-12(9-10-5-7-13-8-6-10)14-16-11-3-1-2-4-11/h5-8,11H,1-4,9H2,(H,14,15). The number of pyridine rings is 1. The Morgan fingerprint density at radius 2 is 2.06 bits per heavy atom. The summed E-state index contributed by atoms with van der Waals surface area (Å²) in [6, 6.07) is 3.66. The number of hydroxylamine groups is 1. The molecule has 0 spiro atoms. The largest absolute Gasteiger partial charge is 0.272 e. The van der Waals surface area contributed by atoms with E-state index in [1.165, 1.54) is 12.8 Å². The van der Waals surface area contributed by atoms with Crippen molar-refractivity contribution in [3.63, 3.8) is 0 Å². The maximum absolute atomic E-state index is 11.5. The summed E-state index contributed by atoms with van der Waals surface area (Å²) in [5.74, 6) is -0.0990. The van der Waals surface area contributed by atoms with Gasteiger partial charge in [-0.3, -0.25) is 14.6 Å². The van der Waals surface area contributed by atoms with Crippen LogP contribution in [0.2, 0.25) is 0 Å². The van der Waals surface area contributed by atoms with Crippen LogP contribution in [-0.4, -0.2) is 17.0 Å². The first-order valence-electron chi connectivity index (χ1n) is 5.68. The van der Waals surface area contributed by atoms with E-state index in [2.05, 4.69) is 10.5 Å². The second-order valence-electron chi connectivity index (χ2n) is 4.08. The summed E-state index contributed by atoms with van der Waals surface area (Å²) in [5, 5.41) is 0. The molecule has 0 aromatic carbocycles. The van der Waals surface area contributed by atoms with Crippen molar-refractivity contribution >= 4 is 5.91 Å². The van der Waals surface area contributed by atoms with Crippen molar-refractivity contribution in [1.82, 2.24) is 10.5 Å². The van der Waals surface area contributed by atoms with Crippen LogP contribution in [0.1, 0.15) is 31.2 Å². The van der Waals surface area contributed by atoms with Gasteiger partial charge in [0.05, 0.1) is 12.5 Å². The third-order valence-electron chi connectivity index (χ3n) is 2.76. The Kier molecular flexibility index (Phi) is 3.88. The number of nitrogens with zero attached hydrogens (tertiary/aromatic N) is 1. The van der Waals surface area contributed by atoms with E-state index < -0.39 is 0 Å². The summed E-state index contributed by atoms with van der Waals surface area (Å²) in [6.07, 6.45) is 8.41. The van der Waals surface area contributed by atoms with Gasteiger partial charge in [0, 0.05) is 12.4 Å². The van der Waals surface area contributed by atoms with E-state index in [4.69, 9.17) is 4.84 Å². The lowest BCUT2D eigenvalue weighted by Crippen LogP contribution is -2.29. The molecule has 4 nitrogen and oxygen atoms in total. The van der Waals surface area contributed by atoms with Crippen LogP contribution in [-0.2, 0) is 16.1 Å². The summed E-state index contributed by atoms with van der Waals surface area (Å²) >= 11 is 0. The summed E-state index contributed by atoms with van der Waals surface area (Å²) in [5.41, 5.74) is 3.46. The zero-order chi connectivity index (χ0) is 11.2. The molecule has 1 aromatic heterocycles. The lowest BCUT2D eigenvalue weighted by atomic mass is 10.2. The topological polar surface area (TPSA) is 51.2 Å². The van der Waals surface area contributed by atoms with Gasteiger partial charge in [-0.1, -0.05) is 12.8 Å². The maximum atomic E-state index is 11.5. The molecule has 0 radical (unpaired) electrons. The molecule has 1 aliphatic rings. The van der Waals surface area contributed by atoms with Gasteiger partial charge in [0.2, 0.25) is 5.91 Å². The number of aromatic nitrogens is 1. The quantitative estimate of drug-likeness (QED) is 0.784. The van der Waals surface area contributed by atoms with Crippen molar-refractivity contribution in [3.05, 3.63) is 30.1 Å². The summed E-state index contributed by atoms with van der Waals surface area (Å²) in [4.78, 5) is 20.7. The van der Waals surface area contributed by atoms with E-state index in [1.54, 1.807) is 12.4 Å². The minimum atomic E-state index is -0.0990. The van der Waals surface area contributed by atoms with Crippen LogP contribution < -0.4 is 5.48 Å². The Morgan fingerprint density at radius 1 is 1.38 bits per heavy atom. The molecule has 1 amide bonds. The van der Waals surface area contributed by atoms with Crippen LogP contribution in [0.3, 0.4) is 0 Å². The molecule has 1 saturated carbocycles. The number of amides is 1. The van der Waals surface area contributed by atoms with Crippen molar-refractivity contribution in [1.29, 1.82) is 0 Å². The fourth-order valence-corrected chi connectivity index (χ4v) is 1.88. The Morgan fingerprint density at radius 3 is 2.75 bits per heavy atom. The third-order valence-corrected chi connectivity index (χ3v) is 2.76. The molecule has 2 rings (SSSR count). The molecule has 0 atom stereocenters. The van der Waals surface area contributed by atoms with Crippen molar-refractivity contribution in [2.75, 3.05) is 0 Å². The lowest BCUT2D eigenvalue weighted by molar-refractivity contribution is -0.137. The average molecular weight is 220 g/mol. The van der Waals surface area contributed by atoms with E-state index in [-0.39, 0.29) is 12.0 Å². The van der Waals surface area contributed by atoms with Gasteiger partial charge in [0.1, 0.15) is 0 Å². The zero-order valence-corrected chi connectivity index (χ0v) is 9.19. The van der Waals surface area contributed by atoms with E-state index in [9.17, 15) is 4.79 Å². The van der Waals surface area contributed by atoms with E-state index in [0.717, 1.165) is 18.4 Å². The third kappa shape index (κ3) is 3.31. The molecule has 1 heterocycles. The predicted octanol–water partition coefficient (Wildman–Crippen LogP) is 1.61. The van der Waals surface area contributed by atoms with Gasteiger partial charge in [-0.05, 0) is 30.5 Å². The number of carbonyl (C=O) groups is 1. The smallest absolute Gasteiger partial charge is 0.247 e. The summed E-state index contributed by atoms with van der Waals surface area (Å²) < 4.78 is 0. The monoisotopic (exact) mass is 220 g/mol. The minimum Gasteiger partial charge on any atom is -0.272 e. The van der Waals surface area contributed by atoms with Gasteiger partial charge in [-0.25, -0.2) is 5.48 Å². The first-order valence-corrected chi connectivity index (χ1v) is 5.68. The van der Waals surface area contributed by atoms with Crippen LogP contribution in [0.4, 0.5) is 0 Å². The van der Waals surface area contributed by atoms with Gasteiger partial charge in [0.25, 0.3) is 0 Å². The molecule has 4 heteroatoms. The normalized spacial score (nSPS) is 16.2. The first-order chi connectivity index (χ1) is 7.84. The second kappa shape index (κ2) is 5.61. The first kappa shape index (κ1) is 11.1. The molecule has 1 fully saturated rings. The Bertz CT molecular complexity index is 334. The molecular formula is C12H16N2O2. The maximum Gasteiger partial charge on any atom is 0.247 e. The van der Waals surface area contributed by atoms with Crippen molar-refractivity contribution in [2.24, 2.45) is 0 Å². The highest BCUT2D eigenvalue weighted by Crippen LogP contribution is 2.19. The van der Waals surface area contributed by atoms with Gasteiger partial charge in [0.15, 0.2) is 0 Å². The Hall–Kier alpha value is -1.42. The van der Waals surface area contributed by atoms with Gasteiger partial charge in [-0.15, -0.1) is 0 Å². The molecule has 86 valence electrons. The van der Waals surface area contributed by atoms with Gasteiger partial charge < -0.3 is 0 Å². The van der Waals surface area contributed by atoms with Crippen molar-refractivity contribution < 1.29 is 9.63 Å². The molecule has 0 unspecified atom stereocenters. The zero-order valence-electron chi connectivity index (χ0n) is 9.19. The molecule has 0 bridgehead atoms. The van der Waals surface area contributed by atoms with Crippen LogP contribution >= 0.6 is 0 Å². The highest BCUT2D eigenvalue weighted by Gasteiger charge is 2.16. The molecule has 1 N–H and O–H groups in total. The van der Waals surface area contributed by atoms with Crippen LogP contribution in [0.25, 0.3) is 0 Å². The highest BCUT2D eigenvalue weighted by atomic mass is 16.7. The number of hydrogen-bond donors (Lipinski definition) is 1. The molecule has 1 aromatic rings. The number of rotatable bonds is 4. The fourth-order valence-electron chi connectivity index (χ4n) is 1.88. The molecule has 1 aliphatic carbocycles. The molecular weight excluding hydrogens is 204 g/mol. The van der Waals surface area contributed by atoms with Crippen LogP contribution in [0.5, 0.6) is 0 Å². The molecule has 16 heavy (non-hydrogen) atoms. The van der Waals surface area contributed by atoms with Crippen LogP contribution in [0.15, 0.2) is 24.5 Å². The summed E-state index contributed by atoms with van der Waals surface area (Å²) in [7, 11) is 0. The average Bonchev–Trinajstić information content (AvgIpc) is 2.81. The van der Waals surface area contributed by atoms with E-state index in [0.29, 0.717) is 6.42 Å².